The molecule has 0 saturated heterocycles. The number of guanidine groups is 1. The Morgan fingerprint density at radius 3 is 2.50 bits per heavy atom. The van der Waals surface area contributed by atoms with Gasteiger partial charge in [0.15, 0.2) is 5.96 Å². The van der Waals surface area contributed by atoms with E-state index in [1.165, 1.54) is 11.1 Å². The predicted molar refractivity (Wildman–Crippen MR) is 122 cm³/mol. The number of rotatable bonds is 9. The first-order valence-corrected chi connectivity index (χ1v) is 12.1. The van der Waals surface area contributed by atoms with Crippen molar-refractivity contribution in [3.8, 4) is 0 Å². The second kappa shape index (κ2) is 10.1. The van der Waals surface area contributed by atoms with Crippen LogP contribution in [0.2, 0.25) is 0 Å². The number of benzene rings is 2. The van der Waals surface area contributed by atoms with Crippen molar-refractivity contribution in [1.82, 2.24) is 15.4 Å². The molecule has 0 spiro atoms. The Labute approximate surface area is 180 Å². The van der Waals surface area contributed by atoms with Gasteiger partial charge in [-0.05, 0) is 55.9 Å². The number of sulfonamides is 1. The summed E-state index contributed by atoms with van der Waals surface area (Å²) in [5.41, 5.74) is 3.52. The summed E-state index contributed by atoms with van der Waals surface area (Å²) in [4.78, 5) is 4.95. The van der Waals surface area contributed by atoms with Gasteiger partial charge in [0.05, 0.1) is 11.4 Å². The van der Waals surface area contributed by atoms with Crippen molar-refractivity contribution in [3.05, 3.63) is 65.2 Å². The highest BCUT2D eigenvalue weighted by atomic mass is 32.2. The maximum Gasteiger partial charge on any atom is 0.240 e. The average Bonchev–Trinajstić information content (AvgIpc) is 3.53. The third kappa shape index (κ3) is 6.57. The SMILES string of the molecule is CCNC(=NCc1ccc(S(=O)(=O)NC2CC2)cc1)NCC(C)c1cccc(C)c1. The van der Waals surface area contributed by atoms with Gasteiger partial charge in [-0.25, -0.2) is 18.1 Å². The first-order chi connectivity index (χ1) is 14.4. The zero-order chi connectivity index (χ0) is 21.6. The second-order valence-electron chi connectivity index (χ2n) is 7.93. The van der Waals surface area contributed by atoms with E-state index in [4.69, 9.17) is 0 Å². The van der Waals surface area contributed by atoms with Gasteiger partial charge >= 0.3 is 0 Å². The molecule has 0 amide bonds. The molecule has 1 fully saturated rings. The molecule has 1 aliphatic rings. The highest BCUT2D eigenvalue weighted by Crippen LogP contribution is 2.22. The van der Waals surface area contributed by atoms with E-state index >= 15 is 0 Å². The van der Waals surface area contributed by atoms with Gasteiger partial charge in [-0.3, -0.25) is 0 Å². The summed E-state index contributed by atoms with van der Waals surface area (Å²) in [5, 5.41) is 6.67. The minimum absolute atomic E-state index is 0.107. The molecule has 1 unspecified atom stereocenters. The number of aryl methyl sites for hydroxylation is 1. The van der Waals surface area contributed by atoms with Crippen molar-refractivity contribution >= 4 is 16.0 Å². The van der Waals surface area contributed by atoms with Crippen LogP contribution in [0.3, 0.4) is 0 Å². The summed E-state index contributed by atoms with van der Waals surface area (Å²) in [5.74, 6) is 1.11. The van der Waals surface area contributed by atoms with Crippen molar-refractivity contribution < 1.29 is 8.42 Å². The largest absolute Gasteiger partial charge is 0.357 e. The summed E-state index contributed by atoms with van der Waals surface area (Å²) in [6.07, 6.45) is 1.85. The fraction of sp³-hybridized carbons (Fsp3) is 0.435. The van der Waals surface area contributed by atoms with Gasteiger partial charge in [0.1, 0.15) is 0 Å². The topological polar surface area (TPSA) is 82.6 Å². The smallest absolute Gasteiger partial charge is 0.240 e. The van der Waals surface area contributed by atoms with Crippen LogP contribution in [0.25, 0.3) is 0 Å². The van der Waals surface area contributed by atoms with Gasteiger partial charge in [-0.15, -0.1) is 0 Å². The van der Waals surface area contributed by atoms with Crippen LogP contribution in [0.4, 0.5) is 0 Å². The number of nitrogens with zero attached hydrogens (tertiary/aromatic N) is 1. The molecule has 3 rings (SSSR count). The van der Waals surface area contributed by atoms with Crippen LogP contribution >= 0.6 is 0 Å². The lowest BCUT2D eigenvalue weighted by atomic mass is 9.99. The second-order valence-corrected chi connectivity index (χ2v) is 9.64. The van der Waals surface area contributed by atoms with Crippen LogP contribution in [-0.2, 0) is 16.6 Å². The quantitative estimate of drug-likeness (QED) is 0.423. The highest BCUT2D eigenvalue weighted by molar-refractivity contribution is 7.89. The lowest BCUT2D eigenvalue weighted by Crippen LogP contribution is -2.39. The van der Waals surface area contributed by atoms with Gasteiger partial charge < -0.3 is 10.6 Å². The van der Waals surface area contributed by atoms with Crippen LogP contribution < -0.4 is 15.4 Å². The zero-order valence-electron chi connectivity index (χ0n) is 18.0. The number of hydrogen-bond donors (Lipinski definition) is 3. The van der Waals surface area contributed by atoms with Gasteiger partial charge in [0.25, 0.3) is 0 Å². The summed E-state index contributed by atoms with van der Waals surface area (Å²) >= 11 is 0. The van der Waals surface area contributed by atoms with Crippen molar-refractivity contribution in [2.24, 2.45) is 4.99 Å². The van der Waals surface area contributed by atoms with Crippen LogP contribution in [-0.4, -0.2) is 33.5 Å². The number of nitrogens with one attached hydrogen (secondary N) is 3. The van der Waals surface area contributed by atoms with Crippen molar-refractivity contribution in [2.45, 2.75) is 57.0 Å². The number of aliphatic imine (C=N–C) groups is 1. The van der Waals surface area contributed by atoms with E-state index in [-0.39, 0.29) is 6.04 Å². The van der Waals surface area contributed by atoms with Gasteiger partial charge in [0.2, 0.25) is 10.0 Å². The molecular weight excluding hydrogens is 396 g/mol. The lowest BCUT2D eigenvalue weighted by Gasteiger charge is -2.16. The van der Waals surface area contributed by atoms with Crippen LogP contribution in [0.1, 0.15) is 49.3 Å². The summed E-state index contributed by atoms with van der Waals surface area (Å²) in [7, 11) is -3.41. The average molecular weight is 429 g/mol. The lowest BCUT2D eigenvalue weighted by molar-refractivity contribution is 0.581. The monoisotopic (exact) mass is 428 g/mol. The van der Waals surface area contributed by atoms with Crippen LogP contribution in [0.15, 0.2) is 58.4 Å². The van der Waals surface area contributed by atoms with Crippen molar-refractivity contribution in [2.75, 3.05) is 13.1 Å². The summed E-state index contributed by atoms with van der Waals surface area (Å²) in [6.45, 7) is 8.36. The molecule has 1 aliphatic carbocycles. The molecule has 0 heterocycles. The van der Waals surface area contributed by atoms with Crippen molar-refractivity contribution in [1.29, 1.82) is 0 Å². The third-order valence-electron chi connectivity index (χ3n) is 5.08. The first kappa shape index (κ1) is 22.3. The molecule has 0 aliphatic heterocycles. The maximum absolute atomic E-state index is 12.3. The maximum atomic E-state index is 12.3. The van der Waals surface area contributed by atoms with E-state index in [1.807, 2.05) is 19.1 Å². The molecular formula is C23H32N4O2S. The fourth-order valence-corrected chi connectivity index (χ4v) is 4.42. The summed E-state index contributed by atoms with van der Waals surface area (Å²) in [6, 6.07) is 15.6. The molecule has 1 saturated carbocycles. The van der Waals surface area contributed by atoms with Crippen molar-refractivity contribution in [3.63, 3.8) is 0 Å². The van der Waals surface area contributed by atoms with E-state index in [9.17, 15) is 8.42 Å². The normalized spacial score (nSPS) is 15.6. The Morgan fingerprint density at radius 1 is 1.13 bits per heavy atom. The summed E-state index contributed by atoms with van der Waals surface area (Å²) < 4.78 is 27.2. The molecule has 1 atom stereocenters. The molecule has 6 nitrogen and oxygen atoms in total. The first-order valence-electron chi connectivity index (χ1n) is 10.6. The van der Waals surface area contributed by atoms with Gasteiger partial charge in [-0.2, -0.15) is 0 Å². The highest BCUT2D eigenvalue weighted by Gasteiger charge is 2.27. The van der Waals surface area contributed by atoms with E-state index in [1.54, 1.807) is 12.1 Å². The molecule has 0 radical (unpaired) electrons. The minimum atomic E-state index is -3.41. The molecule has 7 heteroatoms. The number of hydrogen-bond acceptors (Lipinski definition) is 3. The van der Waals surface area contributed by atoms with Gasteiger partial charge in [-0.1, -0.05) is 48.9 Å². The van der Waals surface area contributed by atoms with Crippen LogP contribution in [0, 0.1) is 6.92 Å². The van der Waals surface area contributed by atoms with Gasteiger partial charge in [0, 0.05) is 19.1 Å². The molecule has 30 heavy (non-hydrogen) atoms. The Balaban J connectivity index is 1.58. The minimum Gasteiger partial charge on any atom is -0.357 e. The van der Waals surface area contributed by atoms with E-state index < -0.39 is 10.0 Å². The molecule has 162 valence electrons. The Morgan fingerprint density at radius 2 is 1.87 bits per heavy atom. The molecule has 0 aromatic heterocycles. The Kier molecular flexibility index (Phi) is 7.50. The van der Waals surface area contributed by atoms with E-state index in [0.717, 1.165) is 37.5 Å². The Hall–Kier alpha value is -2.38. The van der Waals surface area contributed by atoms with Crippen LogP contribution in [0.5, 0.6) is 0 Å². The molecule has 2 aromatic carbocycles. The van der Waals surface area contributed by atoms with E-state index in [0.29, 0.717) is 17.4 Å². The predicted octanol–water partition coefficient (Wildman–Crippen LogP) is 3.29. The molecule has 2 aromatic rings. The third-order valence-corrected chi connectivity index (χ3v) is 6.62. The Bertz CT molecular complexity index is 967. The standard InChI is InChI=1S/C23H32N4O2S/c1-4-24-23(25-15-18(3)20-7-5-6-17(2)14-20)26-16-19-8-12-22(13-9-19)30(28,29)27-21-10-11-21/h5-9,12-14,18,21,27H,4,10-11,15-16H2,1-3H3,(H2,24,25,26). The molecule has 0 bridgehead atoms. The molecule has 3 N–H and O–H groups in total. The fourth-order valence-electron chi connectivity index (χ4n) is 3.12. The zero-order valence-corrected chi connectivity index (χ0v) is 18.8. The van der Waals surface area contributed by atoms with E-state index in [2.05, 4.69) is 58.5 Å².